The summed E-state index contributed by atoms with van der Waals surface area (Å²) >= 11 is 7.40. The number of benzene rings is 1. The Balaban J connectivity index is 1.38. The highest BCUT2D eigenvalue weighted by Crippen LogP contribution is 2.28. The zero-order valence-corrected chi connectivity index (χ0v) is 19.4. The molecule has 1 aliphatic rings. The van der Waals surface area contributed by atoms with E-state index >= 15 is 0 Å². The van der Waals surface area contributed by atoms with Gasteiger partial charge in [-0.25, -0.2) is 9.97 Å². The van der Waals surface area contributed by atoms with Crippen LogP contribution in [0.1, 0.15) is 21.7 Å². The molecule has 1 aliphatic heterocycles. The molecule has 2 amide bonds. The van der Waals surface area contributed by atoms with E-state index < -0.39 is 0 Å². The molecule has 3 aromatic rings. The van der Waals surface area contributed by atoms with Gasteiger partial charge in [0.25, 0.3) is 5.91 Å². The van der Waals surface area contributed by atoms with Gasteiger partial charge < -0.3 is 20.9 Å². The Morgan fingerprint density at radius 3 is 2.94 bits per heavy atom. The SMILES string of the molecule is C=CC(=O)N1CCC(Nc2nccc(Nc3ncc(C(=O)Nc4c(C)cccc4Cl)s3)n2)C1. The third-order valence-electron chi connectivity index (χ3n) is 5.09. The van der Waals surface area contributed by atoms with Gasteiger partial charge >= 0.3 is 0 Å². The lowest BCUT2D eigenvalue weighted by Gasteiger charge is -2.15. The largest absolute Gasteiger partial charge is 0.350 e. The average molecular weight is 484 g/mol. The summed E-state index contributed by atoms with van der Waals surface area (Å²) in [6.07, 6.45) is 5.25. The molecule has 33 heavy (non-hydrogen) atoms. The maximum absolute atomic E-state index is 12.6. The third-order valence-corrected chi connectivity index (χ3v) is 6.31. The fraction of sp³-hybridized carbons (Fsp3) is 0.227. The van der Waals surface area contributed by atoms with Gasteiger partial charge in [0.15, 0.2) is 5.13 Å². The molecule has 1 unspecified atom stereocenters. The smallest absolute Gasteiger partial charge is 0.267 e. The van der Waals surface area contributed by atoms with Crippen LogP contribution < -0.4 is 16.0 Å². The van der Waals surface area contributed by atoms with Crippen LogP contribution in [0.15, 0.2) is 49.3 Å². The summed E-state index contributed by atoms with van der Waals surface area (Å²) in [5.41, 5.74) is 1.46. The molecule has 0 spiro atoms. The fourth-order valence-corrected chi connectivity index (χ4v) is 4.39. The summed E-state index contributed by atoms with van der Waals surface area (Å²) in [6.45, 7) is 6.64. The van der Waals surface area contributed by atoms with Gasteiger partial charge in [0.05, 0.1) is 16.9 Å². The number of hydrogen-bond acceptors (Lipinski definition) is 8. The van der Waals surface area contributed by atoms with Crippen LogP contribution in [0.3, 0.4) is 0 Å². The Hall–Kier alpha value is -3.50. The number of para-hydroxylation sites is 1. The molecule has 170 valence electrons. The fourth-order valence-electron chi connectivity index (χ4n) is 3.40. The summed E-state index contributed by atoms with van der Waals surface area (Å²) in [4.78, 5) is 39.5. The molecule has 1 atom stereocenters. The first-order valence-corrected chi connectivity index (χ1v) is 11.4. The number of amides is 2. The second-order valence-corrected chi connectivity index (χ2v) is 8.86. The minimum absolute atomic E-state index is 0.0626. The van der Waals surface area contributed by atoms with Gasteiger partial charge in [-0.1, -0.05) is 41.6 Å². The van der Waals surface area contributed by atoms with Crippen LogP contribution in [0.4, 0.5) is 22.6 Å². The summed E-state index contributed by atoms with van der Waals surface area (Å²) in [5, 5.41) is 10.2. The molecule has 4 rings (SSSR count). The molecule has 0 aliphatic carbocycles. The van der Waals surface area contributed by atoms with Gasteiger partial charge in [-0.3, -0.25) is 9.59 Å². The second-order valence-electron chi connectivity index (χ2n) is 7.42. The van der Waals surface area contributed by atoms with Crippen molar-refractivity contribution >= 4 is 57.3 Å². The highest BCUT2D eigenvalue weighted by Gasteiger charge is 2.25. The predicted molar refractivity (Wildman–Crippen MR) is 130 cm³/mol. The van der Waals surface area contributed by atoms with E-state index in [1.165, 1.54) is 23.6 Å². The average Bonchev–Trinajstić information content (AvgIpc) is 3.46. The van der Waals surface area contributed by atoms with Crippen LogP contribution in [0, 0.1) is 6.92 Å². The normalized spacial score (nSPS) is 15.2. The number of rotatable bonds is 7. The molecule has 3 heterocycles. The molecule has 3 N–H and O–H groups in total. The van der Waals surface area contributed by atoms with Gasteiger partial charge in [0.1, 0.15) is 10.7 Å². The van der Waals surface area contributed by atoms with E-state index in [0.717, 1.165) is 12.0 Å². The van der Waals surface area contributed by atoms with Crippen molar-refractivity contribution in [2.45, 2.75) is 19.4 Å². The Morgan fingerprint density at radius 1 is 1.30 bits per heavy atom. The zero-order valence-electron chi connectivity index (χ0n) is 17.8. The van der Waals surface area contributed by atoms with Crippen molar-refractivity contribution in [1.82, 2.24) is 19.9 Å². The van der Waals surface area contributed by atoms with Gasteiger partial charge in [0, 0.05) is 25.3 Å². The van der Waals surface area contributed by atoms with Crippen molar-refractivity contribution < 1.29 is 9.59 Å². The Labute approximate surface area is 199 Å². The maximum atomic E-state index is 12.6. The third kappa shape index (κ3) is 5.47. The Morgan fingerprint density at radius 2 is 2.15 bits per heavy atom. The lowest BCUT2D eigenvalue weighted by Crippen LogP contribution is -2.30. The molecule has 0 radical (unpaired) electrons. The molecule has 1 saturated heterocycles. The van der Waals surface area contributed by atoms with Gasteiger partial charge in [-0.2, -0.15) is 4.98 Å². The van der Waals surface area contributed by atoms with Crippen LogP contribution in [0.5, 0.6) is 0 Å². The van der Waals surface area contributed by atoms with E-state index in [4.69, 9.17) is 11.6 Å². The topological polar surface area (TPSA) is 112 Å². The number of carbonyl (C=O) groups is 2. The number of nitrogens with zero attached hydrogens (tertiary/aromatic N) is 4. The molecule has 0 saturated carbocycles. The van der Waals surface area contributed by atoms with Crippen molar-refractivity contribution in [3.05, 3.63) is 64.8 Å². The Bertz CT molecular complexity index is 1180. The van der Waals surface area contributed by atoms with E-state index in [9.17, 15) is 9.59 Å². The van der Waals surface area contributed by atoms with Crippen LogP contribution in [-0.2, 0) is 4.79 Å². The second kappa shape index (κ2) is 9.97. The highest BCUT2D eigenvalue weighted by molar-refractivity contribution is 7.17. The molecule has 1 aromatic carbocycles. The molecule has 0 bridgehead atoms. The van der Waals surface area contributed by atoms with Gasteiger partial charge in [0.2, 0.25) is 11.9 Å². The molecule has 9 nitrogen and oxygen atoms in total. The molecular formula is C22H22ClN7O2S. The minimum Gasteiger partial charge on any atom is -0.350 e. The maximum Gasteiger partial charge on any atom is 0.267 e. The van der Waals surface area contributed by atoms with E-state index in [0.29, 0.717) is 45.6 Å². The summed E-state index contributed by atoms with van der Waals surface area (Å²) in [7, 11) is 0. The van der Waals surface area contributed by atoms with Gasteiger partial charge in [-0.05, 0) is 37.1 Å². The first-order valence-electron chi connectivity index (χ1n) is 10.2. The van der Waals surface area contributed by atoms with Crippen molar-refractivity contribution in [2.24, 2.45) is 0 Å². The Kier molecular flexibility index (Phi) is 6.85. The number of nitrogens with one attached hydrogen (secondary N) is 3. The number of likely N-dealkylation sites (tertiary alicyclic amines) is 1. The van der Waals surface area contributed by atoms with E-state index in [1.807, 2.05) is 19.1 Å². The van der Waals surface area contributed by atoms with E-state index in [-0.39, 0.29) is 17.9 Å². The number of thiazole rings is 1. The highest BCUT2D eigenvalue weighted by atomic mass is 35.5. The summed E-state index contributed by atoms with van der Waals surface area (Å²) in [5.74, 6) is 0.611. The first-order chi connectivity index (χ1) is 15.9. The quantitative estimate of drug-likeness (QED) is 0.434. The van der Waals surface area contributed by atoms with Crippen molar-refractivity contribution in [3.8, 4) is 0 Å². The van der Waals surface area contributed by atoms with Crippen molar-refractivity contribution in [1.29, 1.82) is 0 Å². The number of carbonyl (C=O) groups excluding carboxylic acids is 2. The van der Waals surface area contributed by atoms with Crippen LogP contribution >= 0.6 is 22.9 Å². The number of halogens is 1. The number of aryl methyl sites for hydroxylation is 1. The lowest BCUT2D eigenvalue weighted by molar-refractivity contribution is -0.125. The number of anilines is 4. The van der Waals surface area contributed by atoms with Crippen LogP contribution in [0.25, 0.3) is 0 Å². The first kappa shape index (κ1) is 22.7. The van der Waals surface area contributed by atoms with Crippen LogP contribution in [0.2, 0.25) is 5.02 Å². The standard InChI is InChI=1S/C22H22ClN7O2S/c1-3-18(31)30-10-8-14(12-30)26-21-24-9-7-17(27-21)28-22-25-11-16(33-22)20(32)29-19-13(2)5-4-6-15(19)23/h3-7,9,11,14H,1,8,10,12H2,2H3,(H,29,32)(H2,24,25,26,27,28). The summed E-state index contributed by atoms with van der Waals surface area (Å²) in [6, 6.07) is 7.21. The predicted octanol–water partition coefficient (Wildman–Crippen LogP) is 4.09. The molecule has 1 fully saturated rings. The van der Waals surface area contributed by atoms with Gasteiger partial charge in [-0.15, -0.1) is 0 Å². The van der Waals surface area contributed by atoms with E-state index in [1.54, 1.807) is 23.2 Å². The molecule has 2 aromatic heterocycles. The molecular weight excluding hydrogens is 462 g/mol. The monoisotopic (exact) mass is 483 g/mol. The zero-order chi connectivity index (χ0) is 23.4. The number of aromatic nitrogens is 3. The summed E-state index contributed by atoms with van der Waals surface area (Å²) < 4.78 is 0. The lowest BCUT2D eigenvalue weighted by atomic mass is 10.2. The minimum atomic E-state index is -0.290. The number of hydrogen-bond donors (Lipinski definition) is 3. The van der Waals surface area contributed by atoms with Crippen LogP contribution in [-0.4, -0.2) is 50.8 Å². The van der Waals surface area contributed by atoms with Crippen molar-refractivity contribution in [2.75, 3.05) is 29.0 Å². The van der Waals surface area contributed by atoms with Crippen molar-refractivity contribution in [3.63, 3.8) is 0 Å². The molecule has 11 heteroatoms. The van der Waals surface area contributed by atoms with E-state index in [2.05, 4.69) is 37.5 Å².